The molecule has 9 nitrogen and oxygen atoms in total. The van der Waals surface area contributed by atoms with Crippen molar-refractivity contribution in [3.05, 3.63) is 89.5 Å². The second-order valence-electron chi connectivity index (χ2n) is 12.8. The monoisotopic (exact) mass is 642 g/mol. The highest BCUT2D eigenvalue weighted by molar-refractivity contribution is 5.93. The molecule has 2 fully saturated rings. The van der Waals surface area contributed by atoms with Crippen molar-refractivity contribution in [3.8, 4) is 0 Å². The summed E-state index contributed by atoms with van der Waals surface area (Å²) in [7, 11) is 0. The Hall–Kier alpha value is -3.76. The molecule has 0 aromatic heterocycles. The van der Waals surface area contributed by atoms with Crippen molar-refractivity contribution >= 4 is 28.9 Å². The SMILES string of the molecule is Nc1ccccc1NC(=O)CCCCCC(=O)Nc1cccc(C2OC(CN3CCCCCCC3)CC(c3ccc(CO)cc3)O2)c1. The third kappa shape index (κ3) is 10.9. The number of benzene rings is 3. The molecule has 0 radical (unpaired) electrons. The van der Waals surface area contributed by atoms with Crippen LogP contribution in [0, 0.1) is 0 Å². The molecule has 3 aromatic carbocycles. The van der Waals surface area contributed by atoms with Crippen LogP contribution < -0.4 is 16.4 Å². The highest BCUT2D eigenvalue weighted by atomic mass is 16.7. The molecule has 252 valence electrons. The normalized spacial score (nSPS) is 20.6. The van der Waals surface area contributed by atoms with Gasteiger partial charge in [-0.05, 0) is 74.2 Å². The summed E-state index contributed by atoms with van der Waals surface area (Å²) in [5.74, 6) is -0.143. The van der Waals surface area contributed by atoms with Crippen molar-refractivity contribution in [1.82, 2.24) is 4.90 Å². The maximum Gasteiger partial charge on any atom is 0.224 e. The molecule has 0 saturated carbocycles. The number of nitrogen functional groups attached to an aromatic ring is 1. The van der Waals surface area contributed by atoms with Gasteiger partial charge in [-0.2, -0.15) is 0 Å². The lowest BCUT2D eigenvalue weighted by molar-refractivity contribution is -0.253. The van der Waals surface area contributed by atoms with Gasteiger partial charge in [-0.3, -0.25) is 9.59 Å². The number of nitrogens with zero attached hydrogens (tertiary/aromatic N) is 1. The lowest BCUT2D eigenvalue weighted by Crippen LogP contribution is -2.40. The summed E-state index contributed by atoms with van der Waals surface area (Å²) in [5, 5.41) is 15.4. The number of carbonyl (C=O) groups is 2. The molecule has 3 atom stereocenters. The number of nitrogens with one attached hydrogen (secondary N) is 2. The minimum absolute atomic E-state index is 0.000994. The van der Waals surface area contributed by atoms with E-state index >= 15 is 0 Å². The predicted octanol–water partition coefficient (Wildman–Crippen LogP) is 7.10. The third-order valence-corrected chi connectivity index (χ3v) is 9.01. The zero-order valence-corrected chi connectivity index (χ0v) is 27.4. The zero-order valence-electron chi connectivity index (χ0n) is 27.4. The molecule has 47 heavy (non-hydrogen) atoms. The molecular formula is C38H50N4O5. The summed E-state index contributed by atoms with van der Waals surface area (Å²) in [6.07, 6.45) is 9.29. The number of anilines is 3. The first-order chi connectivity index (χ1) is 23.0. The van der Waals surface area contributed by atoms with Gasteiger partial charge in [0.1, 0.15) is 0 Å². The Bertz CT molecular complexity index is 1420. The summed E-state index contributed by atoms with van der Waals surface area (Å²) >= 11 is 0. The predicted molar refractivity (Wildman–Crippen MR) is 186 cm³/mol. The average molecular weight is 643 g/mol. The number of para-hydroxylation sites is 2. The molecule has 2 amide bonds. The third-order valence-electron chi connectivity index (χ3n) is 9.01. The summed E-state index contributed by atoms with van der Waals surface area (Å²) in [5.41, 5.74) is 10.6. The van der Waals surface area contributed by atoms with E-state index in [9.17, 15) is 14.7 Å². The highest BCUT2D eigenvalue weighted by Crippen LogP contribution is 2.39. The zero-order chi connectivity index (χ0) is 32.8. The average Bonchev–Trinajstić information content (AvgIpc) is 3.07. The fraction of sp³-hybridized carbons (Fsp3) is 0.474. The van der Waals surface area contributed by atoms with Crippen LogP contribution in [0.2, 0.25) is 0 Å². The van der Waals surface area contributed by atoms with Crippen molar-refractivity contribution in [1.29, 1.82) is 0 Å². The van der Waals surface area contributed by atoms with Gasteiger partial charge in [-0.15, -0.1) is 0 Å². The van der Waals surface area contributed by atoms with Gasteiger partial charge in [0.25, 0.3) is 0 Å². The summed E-state index contributed by atoms with van der Waals surface area (Å²) in [4.78, 5) is 27.6. The number of aliphatic hydroxyl groups excluding tert-OH is 1. The van der Waals surface area contributed by atoms with Gasteiger partial charge >= 0.3 is 0 Å². The van der Waals surface area contributed by atoms with E-state index in [-0.39, 0.29) is 30.6 Å². The van der Waals surface area contributed by atoms with Gasteiger partial charge in [0.05, 0.1) is 30.2 Å². The minimum atomic E-state index is -0.569. The Morgan fingerprint density at radius 3 is 2.21 bits per heavy atom. The van der Waals surface area contributed by atoms with E-state index in [1.807, 2.05) is 60.7 Å². The Morgan fingerprint density at radius 2 is 1.49 bits per heavy atom. The van der Waals surface area contributed by atoms with Gasteiger partial charge in [0.15, 0.2) is 6.29 Å². The van der Waals surface area contributed by atoms with Crippen molar-refractivity contribution in [2.75, 3.05) is 36.0 Å². The molecule has 2 aliphatic heterocycles. The number of nitrogens with two attached hydrogens (primary N) is 1. The second kappa shape index (κ2) is 18.0. The molecule has 9 heteroatoms. The number of amides is 2. The van der Waals surface area contributed by atoms with E-state index < -0.39 is 6.29 Å². The fourth-order valence-electron chi connectivity index (χ4n) is 6.37. The Labute approximate surface area is 278 Å². The first kappa shape index (κ1) is 34.6. The topological polar surface area (TPSA) is 126 Å². The van der Waals surface area contributed by atoms with Gasteiger partial charge in [-0.1, -0.05) is 74.2 Å². The van der Waals surface area contributed by atoms with E-state index in [0.29, 0.717) is 42.7 Å². The molecule has 2 saturated heterocycles. The minimum Gasteiger partial charge on any atom is -0.397 e. The number of hydrogen-bond donors (Lipinski definition) is 4. The number of rotatable bonds is 13. The van der Waals surface area contributed by atoms with Crippen LogP contribution in [0.5, 0.6) is 0 Å². The van der Waals surface area contributed by atoms with Crippen LogP contribution in [-0.4, -0.2) is 47.6 Å². The second-order valence-corrected chi connectivity index (χ2v) is 12.8. The standard InChI is InChI=1S/C38H50N4O5/c39-33-14-7-8-15-34(33)41-37(45)17-6-4-5-16-36(44)40-31-13-11-12-30(24-31)38-46-32(26-42-22-9-2-1-3-10-23-42)25-35(47-38)29-20-18-28(27-43)19-21-29/h7-8,11-15,18-21,24,32,35,38,43H,1-6,9-10,16-17,22-23,25-27,39H2,(H,40,44)(H,41,45). The molecule has 2 aliphatic rings. The largest absolute Gasteiger partial charge is 0.397 e. The summed E-state index contributed by atoms with van der Waals surface area (Å²) in [6.45, 7) is 3.07. The van der Waals surface area contributed by atoms with E-state index in [1.54, 1.807) is 12.1 Å². The molecule has 2 heterocycles. The van der Waals surface area contributed by atoms with E-state index in [4.69, 9.17) is 15.2 Å². The van der Waals surface area contributed by atoms with Crippen LogP contribution in [0.25, 0.3) is 0 Å². The van der Waals surface area contributed by atoms with Crippen LogP contribution >= 0.6 is 0 Å². The molecule has 3 aromatic rings. The molecule has 0 bridgehead atoms. The van der Waals surface area contributed by atoms with Crippen molar-refractivity contribution in [3.63, 3.8) is 0 Å². The highest BCUT2D eigenvalue weighted by Gasteiger charge is 2.33. The maximum absolute atomic E-state index is 12.8. The van der Waals surface area contributed by atoms with Crippen molar-refractivity contribution < 1.29 is 24.2 Å². The molecule has 0 spiro atoms. The van der Waals surface area contributed by atoms with Crippen molar-refractivity contribution in [2.24, 2.45) is 0 Å². The smallest absolute Gasteiger partial charge is 0.224 e. The van der Waals surface area contributed by atoms with Gasteiger partial charge in [0.2, 0.25) is 11.8 Å². The Balaban J connectivity index is 1.14. The number of ether oxygens (including phenoxy) is 2. The molecule has 5 rings (SSSR count). The summed E-state index contributed by atoms with van der Waals surface area (Å²) in [6, 6.07) is 22.9. The molecule has 5 N–H and O–H groups in total. The Morgan fingerprint density at radius 1 is 0.787 bits per heavy atom. The lowest BCUT2D eigenvalue weighted by Gasteiger charge is -2.39. The van der Waals surface area contributed by atoms with Crippen LogP contribution in [0.1, 0.15) is 99.7 Å². The van der Waals surface area contributed by atoms with Crippen LogP contribution in [0.15, 0.2) is 72.8 Å². The molecule has 0 aliphatic carbocycles. The van der Waals surface area contributed by atoms with Crippen LogP contribution in [0.4, 0.5) is 17.1 Å². The van der Waals surface area contributed by atoms with Gasteiger partial charge in [-0.25, -0.2) is 0 Å². The number of hydrogen-bond acceptors (Lipinski definition) is 7. The van der Waals surface area contributed by atoms with Gasteiger partial charge < -0.3 is 35.8 Å². The van der Waals surface area contributed by atoms with Gasteiger partial charge in [0, 0.05) is 37.1 Å². The number of carbonyl (C=O) groups excluding carboxylic acids is 2. The lowest BCUT2D eigenvalue weighted by atomic mass is 9.99. The quantitative estimate of drug-likeness (QED) is 0.116. The number of unbranched alkanes of at least 4 members (excludes halogenated alkanes) is 2. The van der Waals surface area contributed by atoms with Crippen LogP contribution in [-0.2, 0) is 25.7 Å². The molecular weight excluding hydrogens is 592 g/mol. The van der Waals surface area contributed by atoms with E-state index in [1.165, 1.54) is 32.1 Å². The summed E-state index contributed by atoms with van der Waals surface area (Å²) < 4.78 is 13.2. The number of aliphatic hydroxyl groups is 1. The first-order valence-corrected chi connectivity index (χ1v) is 17.2. The maximum atomic E-state index is 12.8. The number of likely N-dealkylation sites (tertiary alicyclic amines) is 1. The molecule has 3 unspecified atom stereocenters. The van der Waals surface area contributed by atoms with E-state index in [2.05, 4.69) is 15.5 Å². The van der Waals surface area contributed by atoms with E-state index in [0.717, 1.165) is 49.2 Å². The van der Waals surface area contributed by atoms with Crippen LogP contribution in [0.3, 0.4) is 0 Å². The van der Waals surface area contributed by atoms with Crippen molar-refractivity contribution in [2.45, 2.75) is 95.7 Å². The first-order valence-electron chi connectivity index (χ1n) is 17.2. The Kier molecular flexibility index (Phi) is 13.2. The fourth-order valence-corrected chi connectivity index (χ4v) is 6.37.